The highest BCUT2D eigenvalue weighted by Gasteiger charge is 2.25. The number of aliphatic hydroxyl groups is 1. The Morgan fingerprint density at radius 2 is 1.69 bits per heavy atom. The number of amides is 1. The van der Waals surface area contributed by atoms with E-state index >= 15 is 0 Å². The van der Waals surface area contributed by atoms with E-state index < -0.39 is 18.1 Å². The third-order valence-electron chi connectivity index (χ3n) is 4.08. The highest BCUT2D eigenvalue weighted by molar-refractivity contribution is 5.82. The Hall–Kier alpha value is -3.18. The first-order valence-electron chi connectivity index (χ1n) is 8.28. The van der Waals surface area contributed by atoms with Gasteiger partial charge in [0.2, 0.25) is 0 Å². The highest BCUT2D eigenvalue weighted by atomic mass is 16.5. The van der Waals surface area contributed by atoms with Gasteiger partial charge in [-0.05, 0) is 23.8 Å². The first-order chi connectivity index (χ1) is 12.7. The Balaban J connectivity index is 1.93. The molecule has 1 aromatic heterocycles. The first-order valence-corrected chi connectivity index (χ1v) is 8.28. The lowest BCUT2D eigenvalue weighted by molar-refractivity contribution is -0.130. The van der Waals surface area contributed by atoms with Gasteiger partial charge in [-0.25, -0.2) is 0 Å². The number of carbonyl (C=O) groups is 1. The molecule has 2 atom stereocenters. The van der Waals surface area contributed by atoms with E-state index in [1.54, 1.807) is 37.6 Å². The van der Waals surface area contributed by atoms with Crippen molar-refractivity contribution in [3.8, 4) is 5.75 Å². The number of ether oxygens (including phenoxy) is 1. The number of methoxy groups -OCH3 is 1. The molecule has 5 heteroatoms. The third kappa shape index (κ3) is 3.90. The molecular weight excluding hydrogens is 328 g/mol. The normalized spacial score (nSPS) is 12.8. The molecule has 0 spiro atoms. The van der Waals surface area contributed by atoms with E-state index in [9.17, 15) is 9.90 Å². The van der Waals surface area contributed by atoms with Crippen molar-refractivity contribution in [3.05, 3.63) is 95.8 Å². The molecule has 5 nitrogen and oxygen atoms in total. The van der Waals surface area contributed by atoms with Crippen LogP contribution in [0.2, 0.25) is 0 Å². The van der Waals surface area contributed by atoms with Gasteiger partial charge in [0.25, 0.3) is 5.91 Å². The number of hydrogen-bond acceptors (Lipinski definition) is 4. The van der Waals surface area contributed by atoms with E-state index in [0.717, 1.165) is 5.56 Å². The predicted molar refractivity (Wildman–Crippen MR) is 98.6 cm³/mol. The summed E-state index contributed by atoms with van der Waals surface area (Å²) in [6, 6.07) is 21.2. The zero-order valence-corrected chi connectivity index (χ0v) is 14.4. The van der Waals surface area contributed by atoms with Crippen molar-refractivity contribution in [3.63, 3.8) is 0 Å². The van der Waals surface area contributed by atoms with Crippen molar-refractivity contribution in [1.82, 2.24) is 10.3 Å². The minimum atomic E-state index is -1.27. The van der Waals surface area contributed by atoms with E-state index in [1.165, 1.54) is 0 Å². The molecule has 0 aliphatic heterocycles. The molecule has 0 bridgehead atoms. The van der Waals surface area contributed by atoms with Crippen LogP contribution in [0.4, 0.5) is 0 Å². The van der Waals surface area contributed by atoms with Crippen LogP contribution in [-0.2, 0) is 4.79 Å². The molecule has 3 aromatic rings. The first kappa shape index (κ1) is 17.6. The van der Waals surface area contributed by atoms with Crippen LogP contribution in [0.25, 0.3) is 0 Å². The SMILES string of the molecule is COc1ccccc1[C@H](NC(=O)[C@@H](O)c1ccccc1)c1ccccn1. The summed E-state index contributed by atoms with van der Waals surface area (Å²) < 4.78 is 5.43. The van der Waals surface area contributed by atoms with Crippen molar-refractivity contribution < 1.29 is 14.6 Å². The molecule has 0 radical (unpaired) electrons. The molecule has 0 saturated carbocycles. The van der Waals surface area contributed by atoms with Gasteiger partial charge in [0, 0.05) is 11.8 Å². The Morgan fingerprint density at radius 3 is 2.38 bits per heavy atom. The maximum absolute atomic E-state index is 12.7. The summed E-state index contributed by atoms with van der Waals surface area (Å²) in [4.78, 5) is 17.0. The lowest BCUT2D eigenvalue weighted by Gasteiger charge is -2.22. The van der Waals surface area contributed by atoms with Crippen molar-refractivity contribution >= 4 is 5.91 Å². The van der Waals surface area contributed by atoms with Crippen LogP contribution in [0.3, 0.4) is 0 Å². The smallest absolute Gasteiger partial charge is 0.254 e. The van der Waals surface area contributed by atoms with Crippen molar-refractivity contribution in [1.29, 1.82) is 0 Å². The summed E-state index contributed by atoms with van der Waals surface area (Å²) in [6.07, 6.45) is 0.398. The third-order valence-corrected chi connectivity index (χ3v) is 4.08. The van der Waals surface area contributed by atoms with Crippen LogP contribution < -0.4 is 10.1 Å². The average Bonchev–Trinajstić information content (AvgIpc) is 2.72. The summed E-state index contributed by atoms with van der Waals surface area (Å²) in [5.41, 5.74) is 1.96. The number of hydrogen-bond donors (Lipinski definition) is 2. The molecule has 0 saturated heterocycles. The molecule has 1 heterocycles. The van der Waals surface area contributed by atoms with E-state index in [0.29, 0.717) is 17.0 Å². The van der Waals surface area contributed by atoms with Crippen LogP contribution in [0.1, 0.15) is 29.0 Å². The number of aliphatic hydroxyl groups excluding tert-OH is 1. The molecule has 0 aliphatic rings. The van der Waals surface area contributed by atoms with Crippen LogP contribution >= 0.6 is 0 Å². The van der Waals surface area contributed by atoms with Crippen LogP contribution in [0, 0.1) is 0 Å². The molecule has 0 fully saturated rings. The highest BCUT2D eigenvalue weighted by Crippen LogP contribution is 2.29. The van der Waals surface area contributed by atoms with Gasteiger partial charge in [-0.15, -0.1) is 0 Å². The molecule has 1 amide bonds. The minimum Gasteiger partial charge on any atom is -0.496 e. The van der Waals surface area contributed by atoms with Gasteiger partial charge in [0.1, 0.15) is 11.8 Å². The molecule has 26 heavy (non-hydrogen) atoms. The number of nitrogens with zero attached hydrogens (tertiary/aromatic N) is 1. The minimum absolute atomic E-state index is 0.502. The Morgan fingerprint density at radius 1 is 1.00 bits per heavy atom. The monoisotopic (exact) mass is 348 g/mol. The van der Waals surface area contributed by atoms with Crippen LogP contribution in [0.15, 0.2) is 79.0 Å². The van der Waals surface area contributed by atoms with Crippen LogP contribution in [-0.4, -0.2) is 23.1 Å². The molecule has 2 N–H and O–H groups in total. The molecule has 2 aromatic carbocycles. The van der Waals surface area contributed by atoms with Gasteiger partial charge in [-0.2, -0.15) is 0 Å². The largest absolute Gasteiger partial charge is 0.496 e. The lowest BCUT2D eigenvalue weighted by atomic mass is 10.0. The summed E-state index contributed by atoms with van der Waals surface area (Å²) >= 11 is 0. The van der Waals surface area contributed by atoms with Crippen LogP contribution in [0.5, 0.6) is 5.75 Å². The molecular formula is C21H20N2O3. The summed E-state index contributed by atoms with van der Waals surface area (Å²) in [5.74, 6) is 0.135. The number of para-hydroxylation sites is 1. The maximum Gasteiger partial charge on any atom is 0.254 e. The van der Waals surface area contributed by atoms with Crippen molar-refractivity contribution in [2.45, 2.75) is 12.1 Å². The molecule has 0 aliphatic carbocycles. The zero-order chi connectivity index (χ0) is 18.4. The Labute approximate surface area is 152 Å². The second-order valence-corrected chi connectivity index (χ2v) is 5.75. The Kier molecular flexibility index (Phi) is 5.61. The fraction of sp³-hybridized carbons (Fsp3) is 0.143. The van der Waals surface area contributed by atoms with Crippen molar-refractivity contribution in [2.75, 3.05) is 7.11 Å². The molecule has 132 valence electrons. The van der Waals surface area contributed by atoms with E-state index in [4.69, 9.17) is 4.74 Å². The molecule has 0 unspecified atom stereocenters. The number of benzene rings is 2. The summed E-state index contributed by atoms with van der Waals surface area (Å²) in [6.45, 7) is 0. The maximum atomic E-state index is 12.7. The predicted octanol–water partition coefficient (Wildman–Crippen LogP) is 3.03. The van der Waals surface area contributed by atoms with Crippen molar-refractivity contribution in [2.24, 2.45) is 0 Å². The second-order valence-electron chi connectivity index (χ2n) is 5.75. The number of aromatic nitrogens is 1. The fourth-order valence-electron chi connectivity index (χ4n) is 2.77. The summed E-state index contributed by atoms with van der Waals surface area (Å²) in [7, 11) is 1.58. The van der Waals surface area contributed by atoms with E-state index in [-0.39, 0.29) is 0 Å². The topological polar surface area (TPSA) is 71.5 Å². The number of pyridine rings is 1. The van der Waals surface area contributed by atoms with Gasteiger partial charge in [0.15, 0.2) is 6.10 Å². The number of carbonyl (C=O) groups excluding carboxylic acids is 1. The molecule has 3 rings (SSSR count). The zero-order valence-electron chi connectivity index (χ0n) is 14.4. The van der Waals surface area contributed by atoms with E-state index in [1.807, 2.05) is 48.5 Å². The summed E-state index contributed by atoms with van der Waals surface area (Å²) in [5, 5.41) is 13.3. The average molecular weight is 348 g/mol. The second kappa shape index (κ2) is 8.27. The van der Waals surface area contributed by atoms with Gasteiger partial charge >= 0.3 is 0 Å². The van der Waals surface area contributed by atoms with E-state index in [2.05, 4.69) is 10.3 Å². The quantitative estimate of drug-likeness (QED) is 0.718. The fourth-order valence-corrected chi connectivity index (χ4v) is 2.77. The standard InChI is InChI=1S/C21H20N2O3/c1-26-18-13-6-5-11-16(18)19(17-12-7-8-14-22-17)23-21(25)20(24)15-9-3-2-4-10-15/h2-14,19-20,24H,1H3,(H,23,25)/t19-,20-/m0/s1. The van der Waals surface area contributed by atoms with Gasteiger partial charge in [-0.1, -0.05) is 54.6 Å². The van der Waals surface area contributed by atoms with Gasteiger partial charge in [-0.3, -0.25) is 9.78 Å². The number of rotatable bonds is 6. The van der Waals surface area contributed by atoms with Gasteiger partial charge < -0.3 is 15.2 Å². The lowest BCUT2D eigenvalue weighted by Crippen LogP contribution is -2.34. The number of nitrogens with one attached hydrogen (secondary N) is 1. The van der Waals surface area contributed by atoms with Gasteiger partial charge in [0.05, 0.1) is 12.8 Å². The Bertz CT molecular complexity index is 853.